The zero-order chi connectivity index (χ0) is 16.2. The monoisotopic (exact) mass is 311 g/mol. The fraction of sp³-hybridized carbons (Fsp3) is 0.333. The Bertz CT molecular complexity index is 513. The van der Waals surface area contributed by atoms with Crippen molar-refractivity contribution in [3.63, 3.8) is 0 Å². The quantitative estimate of drug-likeness (QED) is 0.821. The SMILES string of the molecule is O=C(NC(CC(F)F)C(=O)O)c1ccc(C(F)(F)F)cc1. The Morgan fingerprint density at radius 1 is 1.14 bits per heavy atom. The summed E-state index contributed by atoms with van der Waals surface area (Å²) in [5.74, 6) is -2.70. The Hall–Kier alpha value is -2.19. The molecule has 1 atom stereocenters. The number of amides is 1. The van der Waals surface area contributed by atoms with Crippen LogP contribution in [0, 0.1) is 0 Å². The Kier molecular flexibility index (Phi) is 5.23. The van der Waals surface area contributed by atoms with Gasteiger partial charge in [0.25, 0.3) is 5.91 Å². The van der Waals surface area contributed by atoms with E-state index >= 15 is 0 Å². The molecular weight excluding hydrogens is 301 g/mol. The predicted molar refractivity (Wildman–Crippen MR) is 61.0 cm³/mol. The van der Waals surface area contributed by atoms with Crippen molar-refractivity contribution in [2.75, 3.05) is 0 Å². The molecule has 0 fully saturated rings. The Morgan fingerprint density at radius 2 is 1.67 bits per heavy atom. The van der Waals surface area contributed by atoms with E-state index in [-0.39, 0.29) is 5.56 Å². The molecule has 21 heavy (non-hydrogen) atoms. The minimum Gasteiger partial charge on any atom is -0.480 e. The maximum atomic E-state index is 12.3. The number of aliphatic carboxylic acids is 1. The number of benzene rings is 1. The van der Waals surface area contributed by atoms with Gasteiger partial charge in [-0.3, -0.25) is 4.79 Å². The van der Waals surface area contributed by atoms with Gasteiger partial charge in [0.15, 0.2) is 0 Å². The molecule has 1 unspecified atom stereocenters. The smallest absolute Gasteiger partial charge is 0.416 e. The summed E-state index contributed by atoms with van der Waals surface area (Å²) in [4.78, 5) is 22.3. The number of carboxylic acid groups (broad SMARTS) is 1. The summed E-state index contributed by atoms with van der Waals surface area (Å²) < 4.78 is 61.2. The van der Waals surface area contributed by atoms with Gasteiger partial charge in [-0.1, -0.05) is 0 Å². The zero-order valence-corrected chi connectivity index (χ0v) is 10.3. The second-order valence-corrected chi connectivity index (χ2v) is 4.07. The first kappa shape index (κ1) is 16.9. The first-order chi connectivity index (χ1) is 9.61. The first-order valence-electron chi connectivity index (χ1n) is 5.60. The van der Waals surface area contributed by atoms with Crippen LogP contribution in [0.15, 0.2) is 24.3 Å². The van der Waals surface area contributed by atoms with E-state index in [2.05, 4.69) is 0 Å². The van der Waals surface area contributed by atoms with E-state index in [0.717, 1.165) is 12.1 Å². The van der Waals surface area contributed by atoms with E-state index in [1.165, 1.54) is 0 Å². The molecule has 4 nitrogen and oxygen atoms in total. The summed E-state index contributed by atoms with van der Waals surface area (Å²) in [6, 6.07) is 1.12. The van der Waals surface area contributed by atoms with E-state index in [4.69, 9.17) is 5.11 Å². The van der Waals surface area contributed by atoms with Crippen molar-refractivity contribution in [3.05, 3.63) is 35.4 Å². The number of halogens is 5. The van der Waals surface area contributed by atoms with Crippen molar-refractivity contribution in [2.45, 2.75) is 25.1 Å². The van der Waals surface area contributed by atoms with Crippen molar-refractivity contribution >= 4 is 11.9 Å². The van der Waals surface area contributed by atoms with Gasteiger partial charge in [-0.25, -0.2) is 13.6 Å². The lowest BCUT2D eigenvalue weighted by Gasteiger charge is -2.14. The van der Waals surface area contributed by atoms with Gasteiger partial charge in [-0.2, -0.15) is 13.2 Å². The average Bonchev–Trinajstić information content (AvgIpc) is 2.36. The molecule has 1 rings (SSSR count). The summed E-state index contributed by atoms with van der Waals surface area (Å²) in [5.41, 5.74) is -1.25. The largest absolute Gasteiger partial charge is 0.480 e. The summed E-state index contributed by atoms with van der Waals surface area (Å²) in [6.07, 6.45) is -8.62. The Balaban J connectivity index is 2.81. The molecular formula is C12H10F5NO3. The maximum Gasteiger partial charge on any atom is 0.416 e. The van der Waals surface area contributed by atoms with Gasteiger partial charge in [-0.15, -0.1) is 0 Å². The molecule has 1 aromatic rings. The molecule has 0 saturated carbocycles. The third-order valence-corrected chi connectivity index (χ3v) is 2.49. The van der Waals surface area contributed by atoms with Crippen LogP contribution in [0.25, 0.3) is 0 Å². The van der Waals surface area contributed by atoms with Crippen molar-refractivity contribution in [1.29, 1.82) is 0 Å². The molecule has 0 aliphatic heterocycles. The van der Waals surface area contributed by atoms with Crippen LogP contribution in [-0.2, 0) is 11.0 Å². The summed E-state index contributed by atoms with van der Waals surface area (Å²) in [6.45, 7) is 0. The standard InChI is InChI=1S/C12H10F5NO3/c13-9(14)5-8(11(20)21)18-10(19)6-1-3-7(4-2-6)12(15,16)17/h1-4,8-9H,5H2,(H,18,19)(H,20,21). The minimum absolute atomic E-state index is 0.261. The molecule has 2 N–H and O–H groups in total. The number of rotatable bonds is 5. The molecule has 1 aromatic carbocycles. The number of nitrogens with one attached hydrogen (secondary N) is 1. The fourth-order valence-corrected chi connectivity index (χ4v) is 1.45. The third kappa shape index (κ3) is 5.01. The van der Waals surface area contributed by atoms with E-state index in [1.807, 2.05) is 5.32 Å². The van der Waals surface area contributed by atoms with Crippen LogP contribution in [0.2, 0.25) is 0 Å². The lowest BCUT2D eigenvalue weighted by atomic mass is 10.1. The predicted octanol–water partition coefficient (Wildman–Crippen LogP) is 2.54. The lowest BCUT2D eigenvalue weighted by Crippen LogP contribution is -2.42. The molecule has 0 aromatic heterocycles. The van der Waals surface area contributed by atoms with Gasteiger partial charge in [0, 0.05) is 12.0 Å². The third-order valence-electron chi connectivity index (χ3n) is 2.49. The average molecular weight is 311 g/mol. The molecule has 9 heteroatoms. The molecule has 0 aliphatic rings. The van der Waals surface area contributed by atoms with Crippen LogP contribution in [0.1, 0.15) is 22.3 Å². The van der Waals surface area contributed by atoms with Crippen LogP contribution in [0.4, 0.5) is 22.0 Å². The number of hydrogen-bond acceptors (Lipinski definition) is 2. The molecule has 0 spiro atoms. The topological polar surface area (TPSA) is 66.4 Å². The number of carbonyl (C=O) groups excluding carboxylic acids is 1. The molecule has 116 valence electrons. The summed E-state index contributed by atoms with van der Waals surface area (Å²) in [5, 5.41) is 10.5. The van der Waals surface area contributed by atoms with Gasteiger partial charge >= 0.3 is 12.1 Å². The van der Waals surface area contributed by atoms with Gasteiger partial charge in [0.05, 0.1) is 5.56 Å². The lowest BCUT2D eigenvalue weighted by molar-refractivity contribution is -0.140. The van der Waals surface area contributed by atoms with Crippen molar-refractivity contribution in [3.8, 4) is 0 Å². The summed E-state index contributed by atoms with van der Waals surface area (Å²) >= 11 is 0. The highest BCUT2D eigenvalue weighted by Gasteiger charge is 2.30. The molecule has 0 aliphatic carbocycles. The highest BCUT2D eigenvalue weighted by Crippen LogP contribution is 2.29. The van der Waals surface area contributed by atoms with Crippen LogP contribution in [0.3, 0.4) is 0 Å². The number of alkyl halides is 5. The van der Waals surface area contributed by atoms with Crippen LogP contribution in [-0.4, -0.2) is 29.5 Å². The zero-order valence-electron chi connectivity index (χ0n) is 10.3. The van der Waals surface area contributed by atoms with E-state index in [0.29, 0.717) is 12.1 Å². The van der Waals surface area contributed by atoms with Crippen LogP contribution >= 0.6 is 0 Å². The van der Waals surface area contributed by atoms with Crippen molar-refractivity contribution in [1.82, 2.24) is 5.32 Å². The van der Waals surface area contributed by atoms with Crippen molar-refractivity contribution < 1.29 is 36.6 Å². The van der Waals surface area contributed by atoms with Crippen molar-refractivity contribution in [2.24, 2.45) is 0 Å². The second kappa shape index (κ2) is 6.51. The minimum atomic E-state index is -4.58. The fourth-order valence-electron chi connectivity index (χ4n) is 1.45. The van der Waals surface area contributed by atoms with Crippen LogP contribution in [0.5, 0.6) is 0 Å². The van der Waals surface area contributed by atoms with Crippen LogP contribution < -0.4 is 5.32 Å². The van der Waals surface area contributed by atoms with E-state index in [1.54, 1.807) is 0 Å². The molecule has 0 radical (unpaired) electrons. The molecule has 1 amide bonds. The first-order valence-corrected chi connectivity index (χ1v) is 5.60. The van der Waals surface area contributed by atoms with Gasteiger partial charge in [0.1, 0.15) is 6.04 Å². The molecule has 0 saturated heterocycles. The Morgan fingerprint density at radius 3 is 2.05 bits per heavy atom. The number of carbonyl (C=O) groups is 2. The second-order valence-electron chi connectivity index (χ2n) is 4.07. The maximum absolute atomic E-state index is 12.3. The van der Waals surface area contributed by atoms with Gasteiger partial charge in [-0.05, 0) is 24.3 Å². The summed E-state index contributed by atoms with van der Waals surface area (Å²) in [7, 11) is 0. The highest BCUT2D eigenvalue weighted by molar-refractivity contribution is 5.96. The highest BCUT2D eigenvalue weighted by atomic mass is 19.4. The number of hydrogen-bond donors (Lipinski definition) is 2. The normalized spacial score (nSPS) is 13.0. The van der Waals surface area contributed by atoms with Gasteiger partial charge < -0.3 is 10.4 Å². The molecule has 0 heterocycles. The van der Waals surface area contributed by atoms with Gasteiger partial charge in [0.2, 0.25) is 6.43 Å². The number of carboxylic acids is 1. The van der Waals surface area contributed by atoms with E-state index in [9.17, 15) is 31.5 Å². The van der Waals surface area contributed by atoms with E-state index < -0.39 is 42.5 Å². The Labute approximate surface area is 115 Å². The molecule has 0 bridgehead atoms.